The predicted octanol–water partition coefficient (Wildman–Crippen LogP) is 2.80. The van der Waals surface area contributed by atoms with Crippen molar-refractivity contribution in [3.05, 3.63) is 23.2 Å². The highest BCUT2D eigenvalue weighted by Crippen LogP contribution is 2.37. The number of carboxylic acids is 1. The number of halogens is 1. The first-order valence-corrected chi connectivity index (χ1v) is 7.95. The van der Waals surface area contributed by atoms with Crippen LogP contribution in [-0.4, -0.2) is 36.8 Å². The van der Waals surface area contributed by atoms with Gasteiger partial charge < -0.3 is 19.9 Å². The number of aliphatic carboxylic acids is 1. The fourth-order valence-corrected chi connectivity index (χ4v) is 2.66. The summed E-state index contributed by atoms with van der Waals surface area (Å²) in [6, 6.07) is 5.04. The number of rotatable bonds is 8. The van der Waals surface area contributed by atoms with Crippen LogP contribution >= 0.6 is 11.6 Å². The van der Waals surface area contributed by atoms with Gasteiger partial charge in [0.2, 0.25) is 5.91 Å². The molecule has 23 heavy (non-hydrogen) atoms. The van der Waals surface area contributed by atoms with E-state index in [1.807, 2.05) is 6.92 Å². The predicted molar refractivity (Wildman–Crippen MR) is 85.9 cm³/mol. The van der Waals surface area contributed by atoms with Crippen molar-refractivity contribution in [2.75, 3.05) is 25.1 Å². The molecule has 0 heterocycles. The molecular formula is C16H20ClNO5. The zero-order chi connectivity index (χ0) is 16.8. The number of ether oxygens (including phenoxy) is 2. The highest BCUT2D eigenvalue weighted by Gasteiger charge is 2.41. The summed E-state index contributed by atoms with van der Waals surface area (Å²) in [7, 11) is 0. The molecule has 2 N–H and O–H groups in total. The number of nitrogens with one attached hydrogen (secondary N) is 1. The van der Waals surface area contributed by atoms with Gasteiger partial charge in [0.25, 0.3) is 0 Å². The van der Waals surface area contributed by atoms with Crippen molar-refractivity contribution in [3.63, 3.8) is 0 Å². The SMILES string of the molecule is CCOCCOc1c(Cl)cccc1NC(=O)C1CCC1C(=O)O. The average molecular weight is 342 g/mol. The molecule has 2 rings (SSSR count). The highest BCUT2D eigenvalue weighted by atomic mass is 35.5. The van der Waals surface area contributed by atoms with E-state index < -0.39 is 17.8 Å². The summed E-state index contributed by atoms with van der Waals surface area (Å²) in [5, 5.41) is 12.1. The van der Waals surface area contributed by atoms with Gasteiger partial charge in [0.1, 0.15) is 6.61 Å². The van der Waals surface area contributed by atoms with E-state index in [1.54, 1.807) is 18.2 Å². The molecule has 1 amide bonds. The van der Waals surface area contributed by atoms with E-state index in [0.717, 1.165) is 0 Å². The van der Waals surface area contributed by atoms with E-state index in [9.17, 15) is 9.59 Å². The molecule has 0 radical (unpaired) electrons. The van der Waals surface area contributed by atoms with Crippen LogP contribution in [-0.2, 0) is 14.3 Å². The Kier molecular flexibility index (Phi) is 6.24. The molecule has 126 valence electrons. The fraction of sp³-hybridized carbons (Fsp3) is 0.500. The topological polar surface area (TPSA) is 84.9 Å². The first-order chi connectivity index (χ1) is 11.0. The second-order valence-electron chi connectivity index (χ2n) is 5.28. The van der Waals surface area contributed by atoms with Gasteiger partial charge in [-0.25, -0.2) is 0 Å². The summed E-state index contributed by atoms with van der Waals surface area (Å²) < 4.78 is 10.8. The fourth-order valence-electron chi connectivity index (χ4n) is 2.44. The number of para-hydroxylation sites is 1. The van der Waals surface area contributed by atoms with E-state index in [4.69, 9.17) is 26.2 Å². The maximum Gasteiger partial charge on any atom is 0.307 e. The number of hydrogen-bond donors (Lipinski definition) is 2. The normalized spacial score (nSPS) is 19.7. The van der Waals surface area contributed by atoms with Crippen LogP contribution < -0.4 is 10.1 Å². The summed E-state index contributed by atoms with van der Waals surface area (Å²) >= 11 is 6.12. The lowest BCUT2D eigenvalue weighted by Crippen LogP contribution is -2.41. The van der Waals surface area contributed by atoms with Crippen molar-refractivity contribution >= 4 is 29.2 Å². The van der Waals surface area contributed by atoms with Crippen LogP contribution in [0.15, 0.2) is 18.2 Å². The van der Waals surface area contributed by atoms with Gasteiger partial charge in [-0.05, 0) is 31.9 Å². The van der Waals surface area contributed by atoms with Crippen LogP contribution in [0.5, 0.6) is 5.75 Å². The minimum absolute atomic E-state index is 0.307. The molecule has 1 aliphatic rings. The Balaban J connectivity index is 2.03. The van der Waals surface area contributed by atoms with Crippen molar-refractivity contribution < 1.29 is 24.2 Å². The van der Waals surface area contributed by atoms with E-state index in [2.05, 4.69) is 5.32 Å². The summed E-state index contributed by atoms with van der Waals surface area (Å²) in [5.74, 6) is -2.01. The minimum atomic E-state index is -0.935. The molecule has 1 fully saturated rings. The van der Waals surface area contributed by atoms with E-state index in [-0.39, 0.29) is 5.91 Å². The summed E-state index contributed by atoms with van der Waals surface area (Å²) in [4.78, 5) is 23.3. The zero-order valence-corrected chi connectivity index (χ0v) is 13.6. The van der Waals surface area contributed by atoms with Crippen LogP contribution in [0.25, 0.3) is 0 Å². The van der Waals surface area contributed by atoms with Gasteiger partial charge in [0.15, 0.2) is 5.75 Å². The zero-order valence-electron chi connectivity index (χ0n) is 12.9. The summed E-state index contributed by atoms with van der Waals surface area (Å²) in [5.41, 5.74) is 0.440. The van der Waals surface area contributed by atoms with Gasteiger partial charge in [-0.3, -0.25) is 9.59 Å². The number of carboxylic acid groups (broad SMARTS) is 1. The van der Waals surface area contributed by atoms with Crippen LogP contribution in [0, 0.1) is 11.8 Å². The Morgan fingerprint density at radius 1 is 1.30 bits per heavy atom. The van der Waals surface area contributed by atoms with Crippen molar-refractivity contribution in [1.29, 1.82) is 0 Å². The molecule has 0 bridgehead atoms. The van der Waals surface area contributed by atoms with Gasteiger partial charge in [0, 0.05) is 6.61 Å². The van der Waals surface area contributed by atoms with Crippen molar-refractivity contribution in [2.24, 2.45) is 11.8 Å². The lowest BCUT2D eigenvalue weighted by Gasteiger charge is -2.32. The lowest BCUT2D eigenvalue weighted by atomic mass is 9.73. The standard InChI is InChI=1S/C16H20ClNO5/c1-2-22-8-9-23-14-12(17)4-3-5-13(14)18-15(19)10-6-7-11(10)16(20)21/h3-5,10-11H,2,6-9H2,1H3,(H,18,19)(H,20,21). The number of amides is 1. The van der Waals surface area contributed by atoms with E-state index >= 15 is 0 Å². The number of carbonyl (C=O) groups excluding carboxylic acids is 1. The quantitative estimate of drug-likeness (QED) is 0.710. The van der Waals surface area contributed by atoms with Crippen LogP contribution in [0.1, 0.15) is 19.8 Å². The Bertz CT molecular complexity index is 578. The molecule has 2 atom stereocenters. The second kappa shape index (κ2) is 8.17. The highest BCUT2D eigenvalue weighted by molar-refractivity contribution is 6.32. The molecule has 0 saturated heterocycles. The van der Waals surface area contributed by atoms with E-state index in [1.165, 1.54) is 0 Å². The smallest absolute Gasteiger partial charge is 0.307 e. The van der Waals surface area contributed by atoms with Gasteiger partial charge in [-0.2, -0.15) is 0 Å². The number of hydrogen-bond acceptors (Lipinski definition) is 4. The number of anilines is 1. The maximum atomic E-state index is 12.3. The molecule has 1 aliphatic carbocycles. The molecule has 0 aliphatic heterocycles. The van der Waals surface area contributed by atoms with Gasteiger partial charge in [-0.1, -0.05) is 17.7 Å². The Labute approximate surface area is 139 Å². The van der Waals surface area contributed by atoms with Crippen LogP contribution in [0.3, 0.4) is 0 Å². The first kappa shape index (κ1) is 17.6. The average Bonchev–Trinajstić information content (AvgIpc) is 2.44. The van der Waals surface area contributed by atoms with E-state index in [0.29, 0.717) is 49.1 Å². The third-order valence-electron chi connectivity index (χ3n) is 3.83. The molecular weight excluding hydrogens is 322 g/mol. The van der Waals surface area contributed by atoms with Crippen LogP contribution in [0.2, 0.25) is 5.02 Å². The van der Waals surface area contributed by atoms with Gasteiger partial charge >= 0.3 is 5.97 Å². The second-order valence-corrected chi connectivity index (χ2v) is 5.69. The van der Waals surface area contributed by atoms with Crippen LogP contribution in [0.4, 0.5) is 5.69 Å². The molecule has 0 aromatic heterocycles. The summed E-state index contributed by atoms with van der Waals surface area (Å²) in [6.07, 6.45) is 1.10. The number of carbonyl (C=O) groups is 2. The Hall–Kier alpha value is -1.79. The molecule has 2 unspecified atom stereocenters. The third-order valence-corrected chi connectivity index (χ3v) is 4.13. The Morgan fingerprint density at radius 2 is 2.04 bits per heavy atom. The molecule has 1 aromatic rings. The molecule has 6 nitrogen and oxygen atoms in total. The molecule has 1 aromatic carbocycles. The van der Waals surface area contributed by atoms with Gasteiger partial charge in [-0.15, -0.1) is 0 Å². The van der Waals surface area contributed by atoms with Crippen molar-refractivity contribution in [1.82, 2.24) is 0 Å². The lowest BCUT2D eigenvalue weighted by molar-refractivity contribution is -0.151. The maximum absolute atomic E-state index is 12.3. The van der Waals surface area contributed by atoms with Gasteiger partial charge in [0.05, 0.1) is 29.2 Å². The number of benzene rings is 1. The first-order valence-electron chi connectivity index (χ1n) is 7.57. The monoisotopic (exact) mass is 341 g/mol. The molecule has 1 saturated carbocycles. The third kappa shape index (κ3) is 4.36. The molecule has 7 heteroatoms. The largest absolute Gasteiger partial charge is 0.487 e. The summed E-state index contributed by atoms with van der Waals surface area (Å²) in [6.45, 7) is 3.20. The Morgan fingerprint density at radius 3 is 2.65 bits per heavy atom. The van der Waals surface area contributed by atoms with Crippen molar-refractivity contribution in [2.45, 2.75) is 19.8 Å². The molecule has 0 spiro atoms. The minimum Gasteiger partial charge on any atom is -0.487 e. The van der Waals surface area contributed by atoms with Crippen molar-refractivity contribution in [3.8, 4) is 5.75 Å².